The summed E-state index contributed by atoms with van der Waals surface area (Å²) in [6, 6.07) is 14.1. The second kappa shape index (κ2) is 14.0. The molecule has 212 valence electrons. The number of carbonyl (C=O) groups excluding carboxylic acids is 3. The molecule has 0 radical (unpaired) electrons. The number of fused-ring (bicyclic) bond motifs is 1. The fourth-order valence-corrected chi connectivity index (χ4v) is 4.89. The van der Waals surface area contributed by atoms with Gasteiger partial charge in [0.05, 0.1) is 12.3 Å². The van der Waals surface area contributed by atoms with E-state index in [2.05, 4.69) is 41.0 Å². The number of benzene rings is 2. The number of amides is 3. The number of carboxylic acid groups (broad SMARTS) is 1. The fraction of sp³-hybridized carbons (Fsp3) is 0.533. The number of ether oxygens (including phenoxy) is 1. The summed E-state index contributed by atoms with van der Waals surface area (Å²) in [5.41, 5.74) is 0.568. The molecule has 0 aliphatic carbocycles. The standard InChI is InChI=1S/C30H41N3O6/c1-30(2,3)39-29(38)31-15-8-4-5-11-26(34)32-20-25-18-24(19-27(35)36)28(37)33(25)16-14-21-12-13-22-9-6-7-10-23(22)17-21/h6-7,9-10,12-13,17,24-25H,4-5,8,11,14-16,18-20H2,1-3H3,(H,31,38)(H,32,34)(H,35,36)/t24-,25-/m0/s1. The number of carbonyl (C=O) groups is 4. The number of rotatable bonds is 13. The van der Waals surface area contributed by atoms with Crippen LogP contribution >= 0.6 is 0 Å². The van der Waals surface area contributed by atoms with Crippen molar-refractivity contribution in [1.82, 2.24) is 15.5 Å². The second-order valence-electron chi connectivity index (χ2n) is 11.2. The lowest BCUT2D eigenvalue weighted by Crippen LogP contribution is -2.42. The summed E-state index contributed by atoms with van der Waals surface area (Å²) in [5, 5.41) is 17.2. The number of aliphatic carboxylic acids is 1. The zero-order valence-electron chi connectivity index (χ0n) is 23.2. The molecule has 1 saturated heterocycles. The fourth-order valence-electron chi connectivity index (χ4n) is 4.89. The Kier molecular flexibility index (Phi) is 10.7. The molecule has 1 aliphatic rings. The van der Waals surface area contributed by atoms with Gasteiger partial charge in [-0.15, -0.1) is 0 Å². The van der Waals surface area contributed by atoms with Crippen molar-refractivity contribution in [3.8, 4) is 0 Å². The van der Waals surface area contributed by atoms with Crippen LogP contribution in [0.5, 0.6) is 0 Å². The quantitative estimate of drug-likeness (QED) is 0.327. The molecule has 2 atom stereocenters. The molecular weight excluding hydrogens is 498 g/mol. The highest BCUT2D eigenvalue weighted by Gasteiger charge is 2.40. The Bertz CT molecular complexity index is 1160. The van der Waals surface area contributed by atoms with E-state index < -0.39 is 23.6 Å². The summed E-state index contributed by atoms with van der Waals surface area (Å²) in [7, 11) is 0. The van der Waals surface area contributed by atoms with Crippen molar-refractivity contribution in [2.75, 3.05) is 19.6 Å². The summed E-state index contributed by atoms with van der Waals surface area (Å²) in [6.45, 7) is 6.68. The number of alkyl carbamates (subject to hydrolysis) is 1. The maximum atomic E-state index is 13.0. The minimum absolute atomic E-state index is 0.0984. The largest absolute Gasteiger partial charge is 0.481 e. The molecule has 3 rings (SSSR count). The molecule has 0 spiro atoms. The Morgan fingerprint density at radius 2 is 1.77 bits per heavy atom. The van der Waals surface area contributed by atoms with Crippen molar-refractivity contribution < 1.29 is 29.0 Å². The Labute approximate surface area is 230 Å². The van der Waals surface area contributed by atoms with Gasteiger partial charge in [-0.1, -0.05) is 48.9 Å². The third-order valence-corrected chi connectivity index (χ3v) is 6.79. The summed E-state index contributed by atoms with van der Waals surface area (Å²) in [6.07, 6.45) is 2.97. The molecule has 0 unspecified atom stereocenters. The third-order valence-electron chi connectivity index (χ3n) is 6.79. The van der Waals surface area contributed by atoms with Crippen LogP contribution in [0, 0.1) is 5.92 Å². The number of nitrogens with one attached hydrogen (secondary N) is 2. The number of hydrogen-bond donors (Lipinski definition) is 3. The predicted octanol–water partition coefficient (Wildman–Crippen LogP) is 4.28. The summed E-state index contributed by atoms with van der Waals surface area (Å²) < 4.78 is 5.19. The lowest BCUT2D eigenvalue weighted by Gasteiger charge is -2.25. The molecule has 39 heavy (non-hydrogen) atoms. The van der Waals surface area contributed by atoms with E-state index in [1.165, 1.54) is 0 Å². The van der Waals surface area contributed by atoms with Crippen LogP contribution in [0.15, 0.2) is 42.5 Å². The Morgan fingerprint density at radius 1 is 1.03 bits per heavy atom. The van der Waals surface area contributed by atoms with Gasteiger partial charge in [-0.3, -0.25) is 14.4 Å². The highest BCUT2D eigenvalue weighted by molar-refractivity contribution is 5.86. The molecule has 3 N–H and O–H groups in total. The monoisotopic (exact) mass is 539 g/mol. The van der Waals surface area contributed by atoms with E-state index in [0.717, 1.165) is 29.2 Å². The molecule has 0 aromatic heterocycles. The molecule has 0 bridgehead atoms. The van der Waals surface area contributed by atoms with Gasteiger partial charge >= 0.3 is 12.1 Å². The van der Waals surface area contributed by atoms with Crippen LogP contribution in [0.1, 0.15) is 64.9 Å². The van der Waals surface area contributed by atoms with Crippen LogP contribution in [0.3, 0.4) is 0 Å². The van der Waals surface area contributed by atoms with Crippen molar-refractivity contribution in [3.63, 3.8) is 0 Å². The maximum absolute atomic E-state index is 13.0. The van der Waals surface area contributed by atoms with Crippen molar-refractivity contribution in [2.24, 2.45) is 5.92 Å². The second-order valence-corrected chi connectivity index (χ2v) is 11.2. The van der Waals surface area contributed by atoms with Crippen LogP contribution in [0.2, 0.25) is 0 Å². The minimum atomic E-state index is -0.992. The van der Waals surface area contributed by atoms with Crippen molar-refractivity contribution in [2.45, 2.75) is 77.4 Å². The van der Waals surface area contributed by atoms with E-state index >= 15 is 0 Å². The molecule has 1 aliphatic heterocycles. The summed E-state index contributed by atoms with van der Waals surface area (Å²) in [5.74, 6) is -1.82. The van der Waals surface area contributed by atoms with Gasteiger partial charge in [0.2, 0.25) is 11.8 Å². The molecule has 9 heteroatoms. The average molecular weight is 540 g/mol. The third kappa shape index (κ3) is 9.89. The van der Waals surface area contributed by atoms with E-state index in [1.54, 1.807) is 4.90 Å². The molecule has 1 fully saturated rings. The van der Waals surface area contributed by atoms with Crippen LogP contribution < -0.4 is 10.6 Å². The first-order chi connectivity index (χ1) is 18.5. The van der Waals surface area contributed by atoms with Gasteiger partial charge in [0.25, 0.3) is 0 Å². The molecule has 0 saturated carbocycles. The molecule has 9 nitrogen and oxygen atoms in total. The molecule has 1 heterocycles. The van der Waals surface area contributed by atoms with Crippen molar-refractivity contribution in [3.05, 3.63) is 48.0 Å². The summed E-state index contributed by atoms with van der Waals surface area (Å²) >= 11 is 0. The van der Waals surface area contributed by atoms with Gasteiger partial charge in [-0.25, -0.2) is 4.79 Å². The number of likely N-dealkylation sites (tertiary alicyclic amines) is 1. The minimum Gasteiger partial charge on any atom is -0.481 e. The topological polar surface area (TPSA) is 125 Å². The number of carboxylic acids is 1. The molecule has 2 aromatic rings. The molecule has 3 amide bonds. The number of hydrogen-bond acceptors (Lipinski definition) is 5. The van der Waals surface area contributed by atoms with Gasteiger partial charge < -0.3 is 25.4 Å². The smallest absolute Gasteiger partial charge is 0.407 e. The predicted molar refractivity (Wildman–Crippen MR) is 149 cm³/mol. The van der Waals surface area contributed by atoms with Gasteiger partial charge in [-0.2, -0.15) is 0 Å². The van der Waals surface area contributed by atoms with Gasteiger partial charge in [-0.05, 0) is 62.8 Å². The van der Waals surface area contributed by atoms with E-state index in [1.807, 2.05) is 32.9 Å². The van der Waals surface area contributed by atoms with Crippen LogP contribution in [-0.2, 0) is 25.5 Å². The van der Waals surface area contributed by atoms with E-state index in [9.17, 15) is 24.3 Å². The van der Waals surface area contributed by atoms with Gasteiger partial charge in [0, 0.05) is 32.1 Å². The van der Waals surface area contributed by atoms with Gasteiger partial charge in [0.1, 0.15) is 5.60 Å². The summed E-state index contributed by atoms with van der Waals surface area (Å²) in [4.78, 5) is 50.2. The van der Waals surface area contributed by atoms with E-state index in [0.29, 0.717) is 45.3 Å². The first-order valence-corrected chi connectivity index (χ1v) is 13.8. The van der Waals surface area contributed by atoms with Crippen LogP contribution in [0.4, 0.5) is 4.79 Å². The van der Waals surface area contributed by atoms with Gasteiger partial charge in [0.15, 0.2) is 0 Å². The highest BCUT2D eigenvalue weighted by Crippen LogP contribution is 2.28. The van der Waals surface area contributed by atoms with Crippen molar-refractivity contribution in [1.29, 1.82) is 0 Å². The van der Waals surface area contributed by atoms with Crippen LogP contribution in [0.25, 0.3) is 10.8 Å². The van der Waals surface area contributed by atoms with Crippen LogP contribution in [-0.4, -0.2) is 65.2 Å². The Balaban J connectivity index is 1.44. The molecule has 2 aromatic carbocycles. The van der Waals surface area contributed by atoms with E-state index in [-0.39, 0.29) is 24.3 Å². The number of nitrogens with zero attached hydrogens (tertiary/aromatic N) is 1. The normalized spacial score (nSPS) is 17.3. The highest BCUT2D eigenvalue weighted by atomic mass is 16.6. The lowest BCUT2D eigenvalue weighted by atomic mass is 10.0. The van der Waals surface area contributed by atoms with Crippen molar-refractivity contribution >= 4 is 34.6 Å². The van der Waals surface area contributed by atoms with E-state index in [4.69, 9.17) is 4.74 Å². The first kappa shape index (κ1) is 29.9. The Morgan fingerprint density at radius 3 is 2.49 bits per heavy atom. The first-order valence-electron chi connectivity index (χ1n) is 13.8. The molecular formula is C30H41N3O6. The average Bonchev–Trinajstić information content (AvgIpc) is 3.15. The SMILES string of the molecule is CC(C)(C)OC(=O)NCCCCCC(=O)NC[C@@H]1C[C@@H](CC(=O)O)C(=O)N1CCc1ccc2ccccc2c1. The maximum Gasteiger partial charge on any atom is 0.407 e. The lowest BCUT2D eigenvalue weighted by molar-refractivity contribution is -0.142. The number of unbranched alkanes of at least 4 members (excludes halogenated alkanes) is 2. The zero-order valence-corrected chi connectivity index (χ0v) is 23.2. The zero-order chi connectivity index (χ0) is 28.4. The Hall–Kier alpha value is -3.62.